The second-order valence-electron chi connectivity index (χ2n) is 2.66. The molecule has 0 amide bonds. The Balaban J connectivity index is 2.51. The fraction of sp³-hybridized carbons (Fsp3) is 0.111. The van der Waals surface area contributed by atoms with Crippen LogP contribution >= 0.6 is 0 Å². The second kappa shape index (κ2) is 2.31. The van der Waals surface area contributed by atoms with E-state index in [0.717, 1.165) is 11.4 Å². The van der Waals surface area contributed by atoms with Gasteiger partial charge in [-0.05, 0) is 19.1 Å². The SMILES string of the molecule is CC1=Cc2ccccc2NN1. The van der Waals surface area contributed by atoms with E-state index in [0.29, 0.717) is 0 Å². The van der Waals surface area contributed by atoms with Gasteiger partial charge < -0.3 is 10.9 Å². The monoisotopic (exact) mass is 146 g/mol. The van der Waals surface area contributed by atoms with E-state index in [1.54, 1.807) is 0 Å². The zero-order valence-electron chi connectivity index (χ0n) is 6.39. The molecule has 2 nitrogen and oxygen atoms in total. The lowest BCUT2D eigenvalue weighted by molar-refractivity contribution is 0.957. The maximum Gasteiger partial charge on any atom is 0.0612 e. The summed E-state index contributed by atoms with van der Waals surface area (Å²) in [4.78, 5) is 0. The second-order valence-corrected chi connectivity index (χ2v) is 2.66. The molecule has 11 heavy (non-hydrogen) atoms. The lowest BCUT2D eigenvalue weighted by Crippen LogP contribution is -2.22. The number of fused-ring (bicyclic) bond motifs is 1. The number of benzene rings is 1. The van der Waals surface area contributed by atoms with Crippen molar-refractivity contribution in [2.75, 3.05) is 5.43 Å². The molecule has 2 heteroatoms. The van der Waals surface area contributed by atoms with Crippen molar-refractivity contribution in [3.8, 4) is 0 Å². The molecule has 0 saturated heterocycles. The lowest BCUT2D eigenvalue weighted by Gasteiger charge is -2.17. The summed E-state index contributed by atoms with van der Waals surface area (Å²) in [7, 11) is 0. The number of rotatable bonds is 0. The smallest absolute Gasteiger partial charge is 0.0612 e. The van der Waals surface area contributed by atoms with Gasteiger partial charge in [0.1, 0.15) is 0 Å². The number of allylic oxidation sites excluding steroid dienone is 1. The lowest BCUT2D eigenvalue weighted by atomic mass is 10.1. The summed E-state index contributed by atoms with van der Waals surface area (Å²) >= 11 is 0. The maximum absolute atomic E-state index is 3.09. The molecule has 1 aromatic rings. The maximum atomic E-state index is 3.09. The van der Waals surface area contributed by atoms with Gasteiger partial charge in [0.25, 0.3) is 0 Å². The quantitative estimate of drug-likeness (QED) is 0.584. The van der Waals surface area contributed by atoms with Crippen molar-refractivity contribution >= 4 is 11.8 Å². The molecule has 1 heterocycles. The highest BCUT2D eigenvalue weighted by Crippen LogP contribution is 2.19. The number of hydrogen-bond donors (Lipinski definition) is 2. The third-order valence-corrected chi connectivity index (χ3v) is 1.73. The fourth-order valence-corrected chi connectivity index (χ4v) is 1.17. The number of hydrazine groups is 1. The third-order valence-electron chi connectivity index (χ3n) is 1.73. The Hall–Kier alpha value is -1.44. The van der Waals surface area contributed by atoms with Crippen molar-refractivity contribution < 1.29 is 0 Å². The van der Waals surface area contributed by atoms with Crippen molar-refractivity contribution in [3.05, 3.63) is 35.5 Å². The van der Waals surface area contributed by atoms with E-state index in [1.807, 2.05) is 25.1 Å². The van der Waals surface area contributed by atoms with Gasteiger partial charge >= 0.3 is 0 Å². The number of anilines is 1. The molecular formula is C9H10N2. The van der Waals surface area contributed by atoms with Gasteiger partial charge in [-0.25, -0.2) is 0 Å². The van der Waals surface area contributed by atoms with E-state index in [9.17, 15) is 0 Å². The molecule has 2 rings (SSSR count). The van der Waals surface area contributed by atoms with Crippen LogP contribution in [0.1, 0.15) is 12.5 Å². The summed E-state index contributed by atoms with van der Waals surface area (Å²) in [5.41, 5.74) is 9.66. The molecule has 1 aliphatic heterocycles. The zero-order chi connectivity index (χ0) is 7.68. The van der Waals surface area contributed by atoms with Crippen molar-refractivity contribution in [2.45, 2.75) is 6.92 Å². The van der Waals surface area contributed by atoms with E-state index in [-0.39, 0.29) is 0 Å². The average Bonchev–Trinajstić information content (AvgIpc) is 2.04. The van der Waals surface area contributed by atoms with E-state index < -0.39 is 0 Å². The minimum absolute atomic E-state index is 1.14. The van der Waals surface area contributed by atoms with Crippen LogP contribution in [0, 0.1) is 0 Å². The van der Waals surface area contributed by atoms with E-state index in [1.165, 1.54) is 5.56 Å². The van der Waals surface area contributed by atoms with Crippen LogP contribution in [0.3, 0.4) is 0 Å². The number of para-hydroxylation sites is 1. The van der Waals surface area contributed by atoms with Crippen LogP contribution in [0.25, 0.3) is 6.08 Å². The van der Waals surface area contributed by atoms with Crippen molar-refractivity contribution in [1.82, 2.24) is 5.43 Å². The van der Waals surface area contributed by atoms with Gasteiger partial charge in [-0.2, -0.15) is 0 Å². The van der Waals surface area contributed by atoms with Crippen LogP contribution in [-0.2, 0) is 0 Å². The van der Waals surface area contributed by atoms with Crippen LogP contribution in [0.5, 0.6) is 0 Å². The minimum Gasteiger partial charge on any atom is -0.305 e. The highest BCUT2D eigenvalue weighted by molar-refractivity contribution is 5.70. The van der Waals surface area contributed by atoms with Gasteiger partial charge in [0.15, 0.2) is 0 Å². The molecule has 0 saturated carbocycles. The van der Waals surface area contributed by atoms with Crippen LogP contribution in [-0.4, -0.2) is 0 Å². The highest BCUT2D eigenvalue weighted by atomic mass is 15.4. The summed E-state index contributed by atoms with van der Waals surface area (Å²) in [6.07, 6.45) is 2.12. The Kier molecular flexibility index (Phi) is 1.32. The van der Waals surface area contributed by atoms with Crippen molar-refractivity contribution in [1.29, 1.82) is 0 Å². The summed E-state index contributed by atoms with van der Waals surface area (Å²) in [5, 5.41) is 0. The van der Waals surface area contributed by atoms with Crippen LogP contribution < -0.4 is 10.9 Å². The van der Waals surface area contributed by atoms with Crippen LogP contribution in [0.15, 0.2) is 30.0 Å². The van der Waals surface area contributed by atoms with E-state index in [2.05, 4.69) is 23.0 Å². The van der Waals surface area contributed by atoms with Gasteiger partial charge in [-0.1, -0.05) is 18.2 Å². The molecule has 56 valence electrons. The summed E-state index contributed by atoms with van der Waals surface area (Å²) in [5.74, 6) is 0. The number of hydrogen-bond acceptors (Lipinski definition) is 2. The Labute approximate surface area is 65.9 Å². The molecule has 0 bridgehead atoms. The molecule has 2 N–H and O–H groups in total. The predicted octanol–water partition coefficient (Wildman–Crippen LogP) is 1.98. The van der Waals surface area contributed by atoms with Gasteiger partial charge in [-0.15, -0.1) is 0 Å². The standard InChI is InChI=1S/C9H10N2/c1-7-6-8-4-2-3-5-9(8)11-10-7/h2-6,10-11H,1H3. The summed E-state index contributed by atoms with van der Waals surface area (Å²) in [6, 6.07) is 8.19. The first-order chi connectivity index (χ1) is 5.36. The summed E-state index contributed by atoms with van der Waals surface area (Å²) < 4.78 is 0. The Bertz CT molecular complexity index is 302. The van der Waals surface area contributed by atoms with Gasteiger partial charge in [0.2, 0.25) is 0 Å². The first-order valence-electron chi connectivity index (χ1n) is 3.65. The largest absolute Gasteiger partial charge is 0.305 e. The number of nitrogens with one attached hydrogen (secondary N) is 2. The third kappa shape index (κ3) is 1.07. The van der Waals surface area contributed by atoms with E-state index >= 15 is 0 Å². The van der Waals surface area contributed by atoms with Crippen LogP contribution in [0.4, 0.5) is 5.69 Å². The molecule has 0 unspecified atom stereocenters. The molecular weight excluding hydrogens is 136 g/mol. The van der Waals surface area contributed by atoms with Gasteiger partial charge in [-0.3, -0.25) is 0 Å². The summed E-state index contributed by atoms with van der Waals surface area (Å²) in [6.45, 7) is 2.03. The average molecular weight is 146 g/mol. The van der Waals surface area contributed by atoms with Crippen molar-refractivity contribution in [3.63, 3.8) is 0 Å². The Morgan fingerprint density at radius 1 is 1.09 bits per heavy atom. The van der Waals surface area contributed by atoms with Crippen LogP contribution in [0.2, 0.25) is 0 Å². The first kappa shape index (κ1) is 6.28. The molecule has 1 aliphatic rings. The zero-order valence-corrected chi connectivity index (χ0v) is 6.39. The van der Waals surface area contributed by atoms with Gasteiger partial charge in [0.05, 0.1) is 5.69 Å². The predicted molar refractivity (Wildman–Crippen MR) is 46.9 cm³/mol. The molecule has 0 atom stereocenters. The fourth-order valence-electron chi connectivity index (χ4n) is 1.17. The highest BCUT2D eigenvalue weighted by Gasteiger charge is 2.02. The molecule has 0 aromatic heterocycles. The molecule has 0 radical (unpaired) electrons. The Morgan fingerprint density at radius 3 is 2.82 bits per heavy atom. The van der Waals surface area contributed by atoms with Crippen molar-refractivity contribution in [2.24, 2.45) is 0 Å². The molecule has 0 fully saturated rings. The molecule has 1 aromatic carbocycles. The molecule has 0 aliphatic carbocycles. The van der Waals surface area contributed by atoms with E-state index in [4.69, 9.17) is 0 Å². The first-order valence-corrected chi connectivity index (χ1v) is 3.65. The normalized spacial score (nSPS) is 14.1. The topological polar surface area (TPSA) is 24.1 Å². The van der Waals surface area contributed by atoms with Gasteiger partial charge in [0, 0.05) is 11.3 Å². The molecule has 0 spiro atoms. The minimum atomic E-state index is 1.14. The Morgan fingerprint density at radius 2 is 1.91 bits per heavy atom.